The first-order valence-electron chi connectivity index (χ1n) is 7.91. The Hall–Kier alpha value is -2.31. The van der Waals surface area contributed by atoms with Gasteiger partial charge in [0.15, 0.2) is 16.3 Å². The fraction of sp³-hybridized carbons (Fsp3) is 0.222. The van der Waals surface area contributed by atoms with E-state index in [1.165, 1.54) is 11.3 Å². The van der Waals surface area contributed by atoms with E-state index in [9.17, 15) is 4.79 Å². The Balaban J connectivity index is 1.69. The maximum atomic E-state index is 12.6. The number of hydrogen-bond acceptors (Lipinski definition) is 4. The molecule has 2 heterocycles. The molecule has 0 spiro atoms. The number of amides is 1. The molecule has 0 aliphatic carbocycles. The van der Waals surface area contributed by atoms with Gasteiger partial charge in [-0.3, -0.25) is 4.79 Å². The van der Waals surface area contributed by atoms with Gasteiger partial charge in [-0.25, -0.2) is 0 Å². The Kier molecular flexibility index (Phi) is 4.23. The van der Waals surface area contributed by atoms with Crippen molar-refractivity contribution in [2.45, 2.75) is 19.6 Å². The molecule has 2 aromatic carbocycles. The third-order valence-electron chi connectivity index (χ3n) is 3.95. The Morgan fingerprint density at radius 2 is 2.12 bits per heavy atom. The van der Waals surface area contributed by atoms with Crippen LogP contribution >= 0.6 is 22.9 Å². The molecule has 128 valence electrons. The van der Waals surface area contributed by atoms with E-state index >= 15 is 0 Å². The second kappa shape index (κ2) is 6.54. The van der Waals surface area contributed by atoms with E-state index in [4.69, 9.17) is 21.1 Å². The van der Waals surface area contributed by atoms with Gasteiger partial charge in [-0.05, 0) is 37.3 Å². The van der Waals surface area contributed by atoms with Crippen LogP contribution in [0.25, 0.3) is 10.2 Å². The van der Waals surface area contributed by atoms with Crippen molar-refractivity contribution >= 4 is 39.1 Å². The normalized spacial score (nSPS) is 17.0. The maximum Gasteiger partial charge on any atom is 0.292 e. The van der Waals surface area contributed by atoms with Gasteiger partial charge >= 0.3 is 0 Å². The van der Waals surface area contributed by atoms with Crippen molar-refractivity contribution in [2.24, 2.45) is 4.99 Å². The zero-order valence-corrected chi connectivity index (χ0v) is 15.0. The van der Waals surface area contributed by atoms with Crippen molar-refractivity contribution in [2.75, 3.05) is 6.61 Å². The monoisotopic (exact) mass is 374 g/mol. The molecule has 1 amide bonds. The zero-order valence-electron chi connectivity index (χ0n) is 13.4. The molecule has 0 unspecified atom stereocenters. The second-order valence-electron chi connectivity index (χ2n) is 5.56. The number of aromatic nitrogens is 1. The number of rotatable bonds is 2. The molecule has 0 fully saturated rings. The van der Waals surface area contributed by atoms with Crippen LogP contribution in [0, 0.1) is 0 Å². The highest BCUT2D eigenvalue weighted by Crippen LogP contribution is 2.31. The summed E-state index contributed by atoms with van der Waals surface area (Å²) < 4.78 is 14.3. The quantitative estimate of drug-likeness (QED) is 0.688. The van der Waals surface area contributed by atoms with Gasteiger partial charge in [0.1, 0.15) is 6.61 Å². The maximum absolute atomic E-state index is 12.6. The van der Waals surface area contributed by atoms with E-state index in [0.29, 0.717) is 27.9 Å². The average Bonchev–Trinajstić information content (AvgIpc) is 2.97. The molecule has 0 saturated heterocycles. The predicted molar refractivity (Wildman–Crippen MR) is 97.4 cm³/mol. The molecule has 1 aliphatic heterocycles. The van der Waals surface area contributed by atoms with E-state index in [0.717, 1.165) is 10.2 Å². The molecule has 25 heavy (non-hydrogen) atoms. The summed E-state index contributed by atoms with van der Waals surface area (Å²) in [6.45, 7) is 2.88. The number of nitrogens with zero attached hydrogens (tertiary/aromatic N) is 2. The van der Waals surface area contributed by atoms with Gasteiger partial charge in [-0.2, -0.15) is 4.99 Å². The summed E-state index contributed by atoms with van der Waals surface area (Å²) in [5.74, 6) is 0.856. The van der Waals surface area contributed by atoms with E-state index in [-0.39, 0.29) is 12.5 Å². The molecule has 1 aliphatic rings. The van der Waals surface area contributed by atoms with E-state index < -0.39 is 6.10 Å². The third-order valence-corrected chi connectivity index (χ3v) is 5.23. The van der Waals surface area contributed by atoms with Crippen molar-refractivity contribution in [1.29, 1.82) is 0 Å². The van der Waals surface area contributed by atoms with E-state index in [2.05, 4.69) is 4.99 Å². The van der Waals surface area contributed by atoms with Crippen molar-refractivity contribution in [3.63, 3.8) is 0 Å². The minimum Gasteiger partial charge on any atom is -0.485 e. The summed E-state index contributed by atoms with van der Waals surface area (Å²) in [5, 5.41) is 0.663. The molecule has 7 heteroatoms. The van der Waals surface area contributed by atoms with Crippen LogP contribution in [-0.4, -0.2) is 23.2 Å². The first kappa shape index (κ1) is 16.2. The van der Waals surface area contributed by atoms with Crippen LogP contribution in [-0.2, 0) is 11.3 Å². The van der Waals surface area contributed by atoms with Crippen LogP contribution in [0.4, 0.5) is 0 Å². The number of carbonyl (C=O) groups is 1. The number of fused-ring (bicyclic) bond motifs is 2. The first-order valence-corrected chi connectivity index (χ1v) is 9.11. The first-order chi connectivity index (χ1) is 12.2. The van der Waals surface area contributed by atoms with Gasteiger partial charge in [0, 0.05) is 11.6 Å². The fourth-order valence-electron chi connectivity index (χ4n) is 2.75. The van der Waals surface area contributed by atoms with Gasteiger partial charge in [0.2, 0.25) is 6.10 Å². The Morgan fingerprint density at radius 1 is 1.32 bits per heavy atom. The molecular formula is C18H15ClN2O3S. The number of thiazole rings is 1. The second-order valence-corrected chi connectivity index (χ2v) is 7.00. The Bertz CT molecular complexity index is 1020. The molecule has 0 bridgehead atoms. The Labute approximate surface area is 153 Å². The highest BCUT2D eigenvalue weighted by atomic mass is 35.5. The number of para-hydroxylation sites is 2. The molecule has 0 radical (unpaired) electrons. The van der Waals surface area contributed by atoms with Crippen molar-refractivity contribution in [3.05, 3.63) is 52.3 Å². The molecule has 1 aromatic heterocycles. The topological polar surface area (TPSA) is 52.8 Å². The number of carbonyl (C=O) groups excluding carboxylic acids is 1. The lowest BCUT2D eigenvalue weighted by molar-refractivity contribution is -0.127. The summed E-state index contributed by atoms with van der Waals surface area (Å²) in [5.41, 5.74) is 1.01. The number of aryl methyl sites for hydroxylation is 1. The lowest BCUT2D eigenvalue weighted by atomic mass is 10.2. The van der Waals surface area contributed by atoms with Crippen molar-refractivity contribution < 1.29 is 14.3 Å². The minimum atomic E-state index is -0.742. The summed E-state index contributed by atoms with van der Waals surface area (Å²) in [6.07, 6.45) is -0.742. The van der Waals surface area contributed by atoms with Gasteiger partial charge < -0.3 is 14.0 Å². The fourth-order valence-corrected chi connectivity index (χ4v) is 4.12. The number of benzene rings is 2. The molecule has 1 atom stereocenters. The summed E-state index contributed by atoms with van der Waals surface area (Å²) >= 11 is 7.50. The summed E-state index contributed by atoms with van der Waals surface area (Å²) in [4.78, 5) is 17.5. The number of ether oxygens (including phenoxy) is 2. The molecule has 5 nitrogen and oxygen atoms in total. The van der Waals surface area contributed by atoms with Crippen LogP contribution in [0.2, 0.25) is 5.02 Å². The number of halogens is 1. The molecular weight excluding hydrogens is 360 g/mol. The van der Waals surface area contributed by atoms with Crippen LogP contribution in [0.15, 0.2) is 47.5 Å². The zero-order chi connectivity index (χ0) is 17.4. The lowest BCUT2D eigenvalue weighted by Crippen LogP contribution is -2.36. The SMILES string of the molecule is CCn1c(=NC(=O)[C@H]2COc3ccccc3O2)sc2cc(Cl)ccc21. The third kappa shape index (κ3) is 3.03. The summed E-state index contributed by atoms with van der Waals surface area (Å²) in [6, 6.07) is 13.0. The van der Waals surface area contributed by atoms with Gasteiger partial charge in [-0.1, -0.05) is 35.1 Å². The molecule has 3 aromatic rings. The smallest absolute Gasteiger partial charge is 0.292 e. The van der Waals surface area contributed by atoms with Crippen LogP contribution in [0.3, 0.4) is 0 Å². The van der Waals surface area contributed by atoms with Gasteiger partial charge in [0.05, 0.1) is 10.2 Å². The van der Waals surface area contributed by atoms with Crippen molar-refractivity contribution in [3.8, 4) is 11.5 Å². The largest absolute Gasteiger partial charge is 0.485 e. The molecule has 4 rings (SSSR count). The highest BCUT2D eigenvalue weighted by Gasteiger charge is 2.27. The molecule has 0 N–H and O–H groups in total. The number of hydrogen-bond donors (Lipinski definition) is 0. The van der Waals surface area contributed by atoms with Gasteiger partial charge in [-0.15, -0.1) is 0 Å². The van der Waals surface area contributed by atoms with Crippen LogP contribution < -0.4 is 14.3 Å². The molecule has 0 saturated carbocycles. The standard InChI is InChI=1S/C18H15ClN2O3S/c1-2-21-12-8-7-11(19)9-16(12)25-18(21)20-17(22)15-10-23-13-5-3-4-6-14(13)24-15/h3-9,15H,2,10H2,1H3/t15-/m1/s1. The van der Waals surface area contributed by atoms with Gasteiger partial charge in [0.25, 0.3) is 5.91 Å². The van der Waals surface area contributed by atoms with Crippen LogP contribution in [0.5, 0.6) is 11.5 Å². The minimum absolute atomic E-state index is 0.155. The predicted octanol–water partition coefficient (Wildman–Crippen LogP) is 3.64. The van der Waals surface area contributed by atoms with Crippen LogP contribution in [0.1, 0.15) is 6.92 Å². The average molecular weight is 375 g/mol. The highest BCUT2D eigenvalue weighted by molar-refractivity contribution is 7.16. The van der Waals surface area contributed by atoms with E-state index in [1.807, 2.05) is 47.9 Å². The summed E-state index contributed by atoms with van der Waals surface area (Å²) in [7, 11) is 0. The van der Waals surface area contributed by atoms with E-state index in [1.54, 1.807) is 6.07 Å². The Morgan fingerprint density at radius 3 is 2.92 bits per heavy atom. The van der Waals surface area contributed by atoms with Crippen molar-refractivity contribution in [1.82, 2.24) is 4.57 Å². The lowest BCUT2D eigenvalue weighted by Gasteiger charge is -2.23.